The fraction of sp³-hybridized carbons (Fsp3) is 0.0833. The van der Waals surface area contributed by atoms with E-state index in [1.807, 2.05) is 42.5 Å². The molecule has 162 valence electrons. The first-order valence-electron chi connectivity index (χ1n) is 9.56. The molecule has 2 amide bonds. The highest BCUT2D eigenvalue weighted by Gasteiger charge is 2.35. The zero-order valence-electron chi connectivity index (χ0n) is 16.6. The van der Waals surface area contributed by atoms with E-state index in [2.05, 4.69) is 15.9 Å². The van der Waals surface area contributed by atoms with Gasteiger partial charge in [0, 0.05) is 5.02 Å². The second kappa shape index (κ2) is 9.90. The molecule has 32 heavy (non-hydrogen) atoms. The smallest absolute Gasteiger partial charge is 0.293 e. The van der Waals surface area contributed by atoms with Crippen LogP contribution in [-0.4, -0.2) is 16.0 Å². The molecule has 1 heterocycles. The number of rotatable bonds is 6. The van der Waals surface area contributed by atoms with Gasteiger partial charge < -0.3 is 4.74 Å². The second-order valence-electron chi connectivity index (χ2n) is 6.97. The van der Waals surface area contributed by atoms with Crippen molar-refractivity contribution in [3.05, 3.63) is 104 Å². The molecule has 3 aromatic carbocycles. The number of halogens is 3. The molecule has 4 nitrogen and oxygen atoms in total. The maximum absolute atomic E-state index is 13.3. The van der Waals surface area contributed by atoms with Crippen LogP contribution in [0.1, 0.15) is 16.7 Å². The number of carbonyl (C=O) groups excluding carboxylic acids is 2. The number of benzene rings is 3. The SMILES string of the molecule is O=C1S/C(=C\c2ccc(OCc3ccccc3)c(Br)c2)C(=O)N1Cc1ccc(F)cc1Cl. The highest BCUT2D eigenvalue weighted by Crippen LogP contribution is 2.35. The third-order valence-corrected chi connectivity index (χ3v) is 6.59. The van der Waals surface area contributed by atoms with Gasteiger partial charge in [-0.3, -0.25) is 14.5 Å². The second-order valence-corrected chi connectivity index (χ2v) is 9.22. The average molecular weight is 533 g/mol. The van der Waals surface area contributed by atoms with Crippen molar-refractivity contribution in [3.63, 3.8) is 0 Å². The van der Waals surface area contributed by atoms with Crippen molar-refractivity contribution in [3.8, 4) is 5.75 Å². The van der Waals surface area contributed by atoms with Gasteiger partial charge in [0.1, 0.15) is 18.2 Å². The lowest BCUT2D eigenvalue weighted by Gasteiger charge is -2.13. The number of nitrogens with zero attached hydrogens (tertiary/aromatic N) is 1. The van der Waals surface area contributed by atoms with E-state index in [0.29, 0.717) is 22.8 Å². The number of hydrogen-bond donors (Lipinski definition) is 0. The zero-order valence-corrected chi connectivity index (χ0v) is 19.7. The molecule has 0 aromatic heterocycles. The van der Waals surface area contributed by atoms with E-state index in [-0.39, 0.29) is 11.6 Å². The summed E-state index contributed by atoms with van der Waals surface area (Å²) in [6, 6.07) is 19.1. The molecular weight excluding hydrogens is 517 g/mol. The lowest BCUT2D eigenvalue weighted by molar-refractivity contribution is -0.123. The van der Waals surface area contributed by atoms with E-state index >= 15 is 0 Å². The Balaban J connectivity index is 1.47. The van der Waals surface area contributed by atoms with Crippen LogP contribution >= 0.6 is 39.3 Å². The predicted molar refractivity (Wildman–Crippen MR) is 128 cm³/mol. The van der Waals surface area contributed by atoms with Crippen molar-refractivity contribution in [2.75, 3.05) is 0 Å². The van der Waals surface area contributed by atoms with Crippen LogP contribution in [-0.2, 0) is 17.9 Å². The summed E-state index contributed by atoms with van der Waals surface area (Å²) < 4.78 is 19.8. The van der Waals surface area contributed by atoms with Crippen LogP contribution in [0.25, 0.3) is 6.08 Å². The topological polar surface area (TPSA) is 46.6 Å². The highest BCUT2D eigenvalue weighted by atomic mass is 79.9. The molecule has 1 aliphatic heterocycles. The van der Waals surface area contributed by atoms with Gasteiger partial charge in [0.15, 0.2) is 0 Å². The van der Waals surface area contributed by atoms with Crippen molar-refractivity contribution in [2.24, 2.45) is 0 Å². The van der Waals surface area contributed by atoms with Crippen LogP contribution in [0.2, 0.25) is 5.02 Å². The number of amides is 2. The van der Waals surface area contributed by atoms with Gasteiger partial charge in [0.25, 0.3) is 11.1 Å². The fourth-order valence-corrected chi connectivity index (χ4v) is 4.64. The van der Waals surface area contributed by atoms with Gasteiger partial charge in [-0.2, -0.15) is 0 Å². The Morgan fingerprint density at radius 3 is 2.56 bits per heavy atom. The quantitative estimate of drug-likeness (QED) is 0.319. The Hall–Kier alpha value is -2.61. The van der Waals surface area contributed by atoms with Crippen LogP contribution in [0, 0.1) is 5.82 Å². The number of thioether (sulfide) groups is 1. The summed E-state index contributed by atoms with van der Waals surface area (Å²) in [4.78, 5) is 26.6. The Morgan fingerprint density at radius 2 is 1.84 bits per heavy atom. The normalized spacial score (nSPS) is 15.0. The van der Waals surface area contributed by atoms with E-state index in [9.17, 15) is 14.0 Å². The molecule has 0 saturated carbocycles. The fourth-order valence-electron chi connectivity index (χ4n) is 3.07. The lowest BCUT2D eigenvalue weighted by Crippen LogP contribution is -2.27. The standard InChI is InChI=1S/C24H16BrClFNO3S/c25-19-10-16(6-9-21(19)31-14-15-4-2-1-3-5-15)11-22-23(29)28(24(30)32-22)13-17-7-8-18(27)12-20(17)26/h1-12H,13-14H2/b22-11-. The molecule has 3 aromatic rings. The Kier molecular flexibility index (Phi) is 6.98. The average Bonchev–Trinajstić information content (AvgIpc) is 3.03. The predicted octanol–water partition coefficient (Wildman–Crippen LogP) is 7.06. The minimum atomic E-state index is -0.477. The first-order valence-corrected chi connectivity index (χ1v) is 11.5. The molecule has 1 fully saturated rings. The lowest BCUT2D eigenvalue weighted by atomic mass is 10.2. The van der Waals surface area contributed by atoms with Gasteiger partial charge in [-0.05, 0) is 74.7 Å². The van der Waals surface area contributed by atoms with Gasteiger partial charge in [0.2, 0.25) is 0 Å². The molecule has 0 spiro atoms. The summed E-state index contributed by atoms with van der Waals surface area (Å²) in [5.74, 6) is -0.222. The molecule has 0 atom stereocenters. The van der Waals surface area contributed by atoms with Gasteiger partial charge in [-0.25, -0.2) is 4.39 Å². The van der Waals surface area contributed by atoms with Crippen molar-refractivity contribution < 1.29 is 18.7 Å². The van der Waals surface area contributed by atoms with Crippen LogP contribution in [0.15, 0.2) is 76.1 Å². The summed E-state index contributed by atoms with van der Waals surface area (Å²) in [5, 5.41) is -0.230. The van der Waals surface area contributed by atoms with E-state index in [1.54, 1.807) is 12.1 Å². The van der Waals surface area contributed by atoms with Crippen LogP contribution in [0.4, 0.5) is 9.18 Å². The summed E-state index contributed by atoms with van der Waals surface area (Å²) >= 11 is 10.4. The summed E-state index contributed by atoms with van der Waals surface area (Å²) in [6.45, 7) is 0.417. The van der Waals surface area contributed by atoms with Crippen LogP contribution < -0.4 is 4.74 Å². The number of ether oxygens (including phenoxy) is 1. The molecule has 0 unspecified atom stereocenters. The maximum atomic E-state index is 13.3. The zero-order chi connectivity index (χ0) is 22.7. The van der Waals surface area contributed by atoms with Gasteiger partial charge in [-0.15, -0.1) is 0 Å². The largest absolute Gasteiger partial charge is 0.488 e. The molecular formula is C24H16BrClFNO3S. The highest BCUT2D eigenvalue weighted by molar-refractivity contribution is 9.10. The number of hydrogen-bond acceptors (Lipinski definition) is 4. The number of carbonyl (C=O) groups is 2. The van der Waals surface area contributed by atoms with Crippen molar-refractivity contribution in [2.45, 2.75) is 13.2 Å². The van der Waals surface area contributed by atoms with Crippen LogP contribution in [0.3, 0.4) is 0 Å². The summed E-state index contributed by atoms with van der Waals surface area (Å²) in [5.41, 5.74) is 2.30. The third kappa shape index (κ3) is 5.23. The third-order valence-electron chi connectivity index (χ3n) is 4.71. The molecule has 4 rings (SSSR count). The summed E-state index contributed by atoms with van der Waals surface area (Å²) in [7, 11) is 0. The Morgan fingerprint density at radius 1 is 1.06 bits per heavy atom. The monoisotopic (exact) mass is 531 g/mol. The number of imide groups is 1. The van der Waals surface area contributed by atoms with E-state index in [4.69, 9.17) is 16.3 Å². The first kappa shape index (κ1) is 22.6. The van der Waals surface area contributed by atoms with Crippen molar-refractivity contribution in [1.29, 1.82) is 0 Å². The minimum absolute atomic E-state index is 0.0168. The van der Waals surface area contributed by atoms with E-state index in [1.165, 1.54) is 12.1 Å². The van der Waals surface area contributed by atoms with Crippen molar-refractivity contribution >= 4 is 56.5 Å². The first-order chi connectivity index (χ1) is 15.4. The molecule has 8 heteroatoms. The molecule has 1 aliphatic rings. The van der Waals surface area contributed by atoms with Gasteiger partial charge in [0.05, 0.1) is 15.9 Å². The molecule has 0 bridgehead atoms. The Labute approximate surface area is 202 Å². The molecule has 1 saturated heterocycles. The van der Waals surface area contributed by atoms with Crippen molar-refractivity contribution in [1.82, 2.24) is 4.90 Å². The maximum Gasteiger partial charge on any atom is 0.293 e. The van der Waals surface area contributed by atoms with Gasteiger partial charge in [-0.1, -0.05) is 54.1 Å². The Bertz CT molecular complexity index is 1220. The van der Waals surface area contributed by atoms with Gasteiger partial charge >= 0.3 is 0 Å². The molecule has 0 radical (unpaired) electrons. The van der Waals surface area contributed by atoms with E-state index < -0.39 is 17.0 Å². The van der Waals surface area contributed by atoms with E-state index in [0.717, 1.165) is 38.3 Å². The van der Waals surface area contributed by atoms with Crippen LogP contribution in [0.5, 0.6) is 5.75 Å². The molecule has 0 N–H and O–H groups in total. The molecule has 0 aliphatic carbocycles. The summed E-state index contributed by atoms with van der Waals surface area (Å²) in [6.07, 6.45) is 1.66. The minimum Gasteiger partial charge on any atom is -0.488 e.